The maximum absolute atomic E-state index is 13.4. The number of rotatable bonds is 5. The van der Waals surface area contributed by atoms with Crippen LogP contribution < -0.4 is 10.9 Å². The molecule has 5 nitrogen and oxygen atoms in total. The molecule has 2 N–H and O–H groups in total. The number of nitrogens with one attached hydrogen (secondary N) is 1. The van der Waals surface area contributed by atoms with Crippen molar-refractivity contribution >= 4 is 22.4 Å². The summed E-state index contributed by atoms with van der Waals surface area (Å²) in [7, 11) is 0. The van der Waals surface area contributed by atoms with E-state index in [0.717, 1.165) is 6.07 Å². The number of benzene rings is 2. The van der Waals surface area contributed by atoms with Crippen LogP contribution >= 0.6 is 0 Å². The monoisotopic (exact) mass is 422 g/mol. The van der Waals surface area contributed by atoms with Gasteiger partial charge in [-0.15, -0.1) is 0 Å². The van der Waals surface area contributed by atoms with E-state index in [1.165, 1.54) is 10.8 Å². The van der Waals surface area contributed by atoms with Crippen LogP contribution in [0.15, 0.2) is 53.5 Å². The summed E-state index contributed by atoms with van der Waals surface area (Å²) in [5.74, 6) is -2.02. The number of aromatic nitrogens is 1. The number of alkyl halides is 3. The van der Waals surface area contributed by atoms with E-state index in [1.807, 2.05) is 0 Å². The first-order valence-electron chi connectivity index (χ1n) is 9.02. The third-order valence-electron chi connectivity index (χ3n) is 4.69. The van der Waals surface area contributed by atoms with Crippen LogP contribution in [0.1, 0.15) is 24.1 Å². The Hall–Kier alpha value is -3.20. The topological polar surface area (TPSA) is 71.3 Å². The van der Waals surface area contributed by atoms with Gasteiger partial charge in [0.1, 0.15) is 5.82 Å². The minimum Gasteiger partial charge on any atom is -0.394 e. The summed E-state index contributed by atoms with van der Waals surface area (Å²) in [5, 5.41) is 12.6. The lowest BCUT2D eigenvalue weighted by Crippen LogP contribution is -2.25. The molecule has 9 heteroatoms. The minimum atomic E-state index is -4.86. The second kappa shape index (κ2) is 8.27. The fourth-order valence-electron chi connectivity index (χ4n) is 3.12. The number of nitrogens with zero attached hydrogens (tertiary/aromatic N) is 1. The van der Waals surface area contributed by atoms with Crippen molar-refractivity contribution in [2.45, 2.75) is 25.6 Å². The van der Waals surface area contributed by atoms with Gasteiger partial charge in [-0.2, -0.15) is 13.2 Å². The SMILES string of the molecule is C[C@@H](CO)n1ccc2c(NC(=O)Cc3ccc(F)c(C(F)(F)F)c3)cccc2c1=O. The van der Waals surface area contributed by atoms with Gasteiger partial charge >= 0.3 is 6.18 Å². The fraction of sp³-hybridized carbons (Fsp3) is 0.238. The molecule has 0 spiro atoms. The Morgan fingerprint density at radius 1 is 1.17 bits per heavy atom. The number of carbonyl (C=O) groups excluding carboxylic acids is 1. The van der Waals surface area contributed by atoms with Gasteiger partial charge in [0.05, 0.1) is 24.6 Å². The van der Waals surface area contributed by atoms with Crippen LogP contribution in [0.2, 0.25) is 0 Å². The third-order valence-corrected chi connectivity index (χ3v) is 4.69. The number of carbonyl (C=O) groups is 1. The first kappa shape index (κ1) is 21.5. The van der Waals surface area contributed by atoms with Crippen molar-refractivity contribution in [3.05, 3.63) is 76.0 Å². The van der Waals surface area contributed by atoms with E-state index in [0.29, 0.717) is 28.6 Å². The summed E-state index contributed by atoms with van der Waals surface area (Å²) < 4.78 is 53.3. The Morgan fingerprint density at radius 2 is 1.90 bits per heavy atom. The molecule has 0 bridgehead atoms. The van der Waals surface area contributed by atoms with Gasteiger partial charge in [0.25, 0.3) is 5.56 Å². The summed E-state index contributed by atoms with van der Waals surface area (Å²) in [6.07, 6.45) is -3.77. The second-order valence-electron chi connectivity index (χ2n) is 6.86. The number of amides is 1. The van der Waals surface area contributed by atoms with Crippen LogP contribution in [0.5, 0.6) is 0 Å². The van der Waals surface area contributed by atoms with Gasteiger partial charge in [-0.1, -0.05) is 12.1 Å². The molecular formula is C21H18F4N2O3. The highest BCUT2D eigenvalue weighted by Gasteiger charge is 2.34. The van der Waals surface area contributed by atoms with Gasteiger partial charge < -0.3 is 15.0 Å². The number of halogens is 4. The van der Waals surface area contributed by atoms with Gasteiger partial charge in [-0.05, 0) is 42.8 Å². The molecule has 3 aromatic rings. The van der Waals surface area contributed by atoms with Crippen molar-refractivity contribution in [1.82, 2.24) is 4.57 Å². The van der Waals surface area contributed by atoms with Crippen molar-refractivity contribution in [2.75, 3.05) is 11.9 Å². The fourth-order valence-corrected chi connectivity index (χ4v) is 3.12. The summed E-state index contributed by atoms with van der Waals surface area (Å²) in [4.78, 5) is 25.0. The number of hydrogen-bond donors (Lipinski definition) is 2. The summed E-state index contributed by atoms with van der Waals surface area (Å²) in [6, 6.07) is 8.27. The number of anilines is 1. The molecule has 158 valence electrons. The first-order chi connectivity index (χ1) is 14.1. The van der Waals surface area contributed by atoms with Crippen molar-refractivity contribution in [2.24, 2.45) is 0 Å². The molecule has 1 heterocycles. The number of aliphatic hydroxyl groups excluding tert-OH is 1. The Labute approximate surface area is 168 Å². The molecule has 30 heavy (non-hydrogen) atoms. The summed E-state index contributed by atoms with van der Waals surface area (Å²) in [6.45, 7) is 1.45. The summed E-state index contributed by atoms with van der Waals surface area (Å²) in [5.41, 5.74) is -1.47. The Morgan fingerprint density at radius 3 is 2.57 bits per heavy atom. The van der Waals surface area contributed by atoms with Crippen LogP contribution in [0.4, 0.5) is 23.2 Å². The van der Waals surface area contributed by atoms with Gasteiger partial charge in [0.2, 0.25) is 5.91 Å². The molecule has 0 unspecified atom stereocenters. The summed E-state index contributed by atoms with van der Waals surface area (Å²) >= 11 is 0. The van der Waals surface area contributed by atoms with Gasteiger partial charge in [0.15, 0.2) is 0 Å². The van der Waals surface area contributed by atoms with E-state index in [4.69, 9.17) is 0 Å². The van der Waals surface area contributed by atoms with E-state index in [9.17, 15) is 32.3 Å². The number of pyridine rings is 1. The smallest absolute Gasteiger partial charge is 0.394 e. The maximum Gasteiger partial charge on any atom is 0.419 e. The molecule has 1 atom stereocenters. The quantitative estimate of drug-likeness (QED) is 0.613. The van der Waals surface area contributed by atoms with Gasteiger partial charge in [-0.25, -0.2) is 4.39 Å². The molecule has 0 aliphatic carbocycles. The normalized spacial score (nSPS) is 12.7. The number of hydrogen-bond acceptors (Lipinski definition) is 3. The van der Waals surface area contributed by atoms with E-state index in [-0.39, 0.29) is 17.7 Å². The molecule has 0 aliphatic heterocycles. The molecule has 1 aromatic heterocycles. The van der Waals surface area contributed by atoms with E-state index >= 15 is 0 Å². The molecule has 3 rings (SSSR count). The average molecular weight is 422 g/mol. The van der Waals surface area contributed by atoms with E-state index in [2.05, 4.69) is 5.32 Å². The molecular weight excluding hydrogens is 404 g/mol. The number of fused-ring (bicyclic) bond motifs is 1. The molecule has 0 fully saturated rings. The zero-order valence-corrected chi connectivity index (χ0v) is 15.8. The second-order valence-corrected chi connectivity index (χ2v) is 6.86. The first-order valence-corrected chi connectivity index (χ1v) is 9.02. The van der Waals surface area contributed by atoms with Crippen molar-refractivity contribution in [3.63, 3.8) is 0 Å². The molecule has 2 aromatic carbocycles. The zero-order chi connectivity index (χ0) is 22.1. The van der Waals surface area contributed by atoms with Gasteiger partial charge in [-0.3, -0.25) is 9.59 Å². The Kier molecular flexibility index (Phi) is 5.93. The predicted octanol–water partition coefficient (Wildman–Crippen LogP) is 3.89. The third kappa shape index (κ3) is 4.35. The molecule has 0 saturated heterocycles. The standard InChI is InChI=1S/C21H18F4N2O3/c1-12(11-28)27-8-7-14-15(20(27)30)3-2-4-18(14)26-19(29)10-13-5-6-17(22)16(9-13)21(23,24)25/h2-9,12,28H,10-11H2,1H3,(H,26,29)/t12-/m0/s1. The Bertz CT molecular complexity index is 1160. The van der Waals surface area contributed by atoms with Crippen LogP contribution in [0, 0.1) is 5.82 Å². The van der Waals surface area contributed by atoms with Crippen molar-refractivity contribution in [1.29, 1.82) is 0 Å². The van der Waals surface area contributed by atoms with E-state index in [1.54, 1.807) is 31.2 Å². The lowest BCUT2D eigenvalue weighted by atomic mass is 10.1. The minimum absolute atomic E-state index is 0.000544. The van der Waals surface area contributed by atoms with Crippen molar-refractivity contribution < 1.29 is 27.5 Å². The highest BCUT2D eigenvalue weighted by molar-refractivity contribution is 6.02. The largest absolute Gasteiger partial charge is 0.419 e. The highest BCUT2D eigenvalue weighted by Crippen LogP contribution is 2.32. The lowest BCUT2D eigenvalue weighted by Gasteiger charge is -2.15. The predicted molar refractivity (Wildman–Crippen MR) is 104 cm³/mol. The number of aliphatic hydroxyl groups is 1. The molecule has 1 amide bonds. The molecule has 0 aliphatic rings. The zero-order valence-electron chi connectivity index (χ0n) is 15.8. The highest BCUT2D eigenvalue weighted by atomic mass is 19.4. The lowest BCUT2D eigenvalue weighted by molar-refractivity contribution is -0.140. The van der Waals surface area contributed by atoms with Crippen LogP contribution in [0.25, 0.3) is 10.8 Å². The van der Waals surface area contributed by atoms with Crippen LogP contribution in [0.3, 0.4) is 0 Å². The van der Waals surface area contributed by atoms with E-state index < -0.39 is 35.9 Å². The average Bonchev–Trinajstić information content (AvgIpc) is 2.69. The van der Waals surface area contributed by atoms with Crippen molar-refractivity contribution in [3.8, 4) is 0 Å². The van der Waals surface area contributed by atoms with Gasteiger partial charge in [0, 0.05) is 22.7 Å². The maximum atomic E-state index is 13.4. The van der Waals surface area contributed by atoms with Crippen LogP contribution in [-0.2, 0) is 17.4 Å². The Balaban J connectivity index is 1.87. The molecule has 0 saturated carbocycles. The van der Waals surface area contributed by atoms with Crippen LogP contribution in [-0.4, -0.2) is 22.2 Å². The molecule has 0 radical (unpaired) electrons.